The SMILES string of the molecule is Cc1cnc(C)c(N(C)Cc2nc3ccsc3c(=O)[nH]2)n1. The number of thiophene rings is 1. The van der Waals surface area contributed by atoms with E-state index in [4.69, 9.17) is 0 Å². The lowest BCUT2D eigenvalue weighted by atomic mass is 10.3. The van der Waals surface area contributed by atoms with Crippen molar-refractivity contribution in [2.24, 2.45) is 0 Å². The van der Waals surface area contributed by atoms with Crippen LogP contribution < -0.4 is 10.5 Å². The Kier molecular flexibility index (Phi) is 3.42. The van der Waals surface area contributed by atoms with Gasteiger partial charge in [0.25, 0.3) is 5.56 Å². The molecule has 3 aromatic heterocycles. The largest absolute Gasteiger partial charge is 0.351 e. The van der Waals surface area contributed by atoms with Gasteiger partial charge in [-0.1, -0.05) is 0 Å². The number of aromatic amines is 1. The predicted molar refractivity (Wildman–Crippen MR) is 83.9 cm³/mol. The van der Waals surface area contributed by atoms with E-state index in [1.165, 1.54) is 11.3 Å². The number of anilines is 1. The van der Waals surface area contributed by atoms with Gasteiger partial charge in [-0.15, -0.1) is 11.3 Å². The number of nitrogens with zero attached hydrogens (tertiary/aromatic N) is 4. The van der Waals surface area contributed by atoms with Crippen molar-refractivity contribution in [2.75, 3.05) is 11.9 Å². The summed E-state index contributed by atoms with van der Waals surface area (Å²) in [5.41, 5.74) is 2.35. The van der Waals surface area contributed by atoms with Gasteiger partial charge in [-0.2, -0.15) is 0 Å². The summed E-state index contributed by atoms with van der Waals surface area (Å²) in [7, 11) is 1.91. The highest BCUT2D eigenvalue weighted by molar-refractivity contribution is 7.17. The minimum absolute atomic E-state index is 0.0922. The summed E-state index contributed by atoms with van der Waals surface area (Å²) in [6.45, 7) is 4.29. The highest BCUT2D eigenvalue weighted by Gasteiger charge is 2.11. The van der Waals surface area contributed by atoms with Crippen LogP contribution in [-0.4, -0.2) is 27.0 Å². The molecule has 6 nitrogen and oxygen atoms in total. The third-order valence-corrected chi connectivity index (χ3v) is 4.07. The van der Waals surface area contributed by atoms with Gasteiger partial charge in [0.15, 0.2) is 0 Å². The zero-order valence-electron chi connectivity index (χ0n) is 12.0. The molecular formula is C14H15N5OS. The molecule has 7 heteroatoms. The second-order valence-corrected chi connectivity index (χ2v) is 5.84. The van der Waals surface area contributed by atoms with E-state index in [9.17, 15) is 4.79 Å². The molecule has 3 aromatic rings. The number of rotatable bonds is 3. The molecule has 3 heterocycles. The van der Waals surface area contributed by atoms with Crippen molar-refractivity contribution in [1.82, 2.24) is 19.9 Å². The van der Waals surface area contributed by atoms with Crippen molar-refractivity contribution in [1.29, 1.82) is 0 Å². The molecule has 0 unspecified atom stereocenters. The van der Waals surface area contributed by atoms with Crippen molar-refractivity contribution >= 4 is 27.4 Å². The zero-order valence-corrected chi connectivity index (χ0v) is 12.9. The molecule has 0 aliphatic carbocycles. The van der Waals surface area contributed by atoms with E-state index in [-0.39, 0.29) is 5.56 Å². The van der Waals surface area contributed by atoms with Gasteiger partial charge < -0.3 is 9.88 Å². The molecular weight excluding hydrogens is 286 g/mol. The number of hydrogen-bond donors (Lipinski definition) is 1. The normalized spacial score (nSPS) is 11.0. The van der Waals surface area contributed by atoms with Crippen molar-refractivity contribution in [3.63, 3.8) is 0 Å². The number of H-pyrrole nitrogens is 1. The predicted octanol–water partition coefficient (Wildman–Crippen LogP) is 2.03. The first-order valence-electron chi connectivity index (χ1n) is 6.52. The molecule has 0 bridgehead atoms. The molecule has 3 rings (SSSR count). The molecule has 0 saturated carbocycles. The van der Waals surface area contributed by atoms with Gasteiger partial charge >= 0.3 is 0 Å². The number of aryl methyl sites for hydroxylation is 2. The van der Waals surface area contributed by atoms with Crippen LogP contribution in [0.5, 0.6) is 0 Å². The second-order valence-electron chi connectivity index (χ2n) is 4.92. The fraction of sp³-hybridized carbons (Fsp3) is 0.286. The Balaban J connectivity index is 1.94. The summed E-state index contributed by atoms with van der Waals surface area (Å²) in [5.74, 6) is 1.42. The second kappa shape index (κ2) is 5.25. The summed E-state index contributed by atoms with van der Waals surface area (Å²) >= 11 is 1.40. The average Bonchev–Trinajstić information content (AvgIpc) is 2.90. The maximum absolute atomic E-state index is 12.0. The van der Waals surface area contributed by atoms with Gasteiger partial charge in [0.2, 0.25) is 0 Å². The van der Waals surface area contributed by atoms with Gasteiger partial charge in [-0.3, -0.25) is 9.78 Å². The van der Waals surface area contributed by atoms with E-state index in [0.717, 1.165) is 22.7 Å². The first kappa shape index (κ1) is 13.7. The van der Waals surface area contributed by atoms with Crippen LogP contribution in [0.15, 0.2) is 22.4 Å². The van der Waals surface area contributed by atoms with Crippen LogP contribution >= 0.6 is 11.3 Å². The third kappa shape index (κ3) is 2.64. The maximum atomic E-state index is 12.0. The Labute approximate surface area is 125 Å². The van der Waals surface area contributed by atoms with Gasteiger partial charge in [-0.25, -0.2) is 9.97 Å². The summed E-state index contributed by atoms with van der Waals surface area (Å²) in [4.78, 5) is 30.0. The first-order valence-corrected chi connectivity index (χ1v) is 7.40. The maximum Gasteiger partial charge on any atom is 0.268 e. The quantitative estimate of drug-likeness (QED) is 0.801. The summed E-state index contributed by atoms with van der Waals surface area (Å²) in [5, 5.41) is 1.87. The number of hydrogen-bond acceptors (Lipinski definition) is 6. The topological polar surface area (TPSA) is 74.8 Å². The Hall–Kier alpha value is -2.28. The summed E-state index contributed by atoms with van der Waals surface area (Å²) < 4.78 is 0.660. The van der Waals surface area contributed by atoms with Gasteiger partial charge in [0.05, 0.1) is 23.4 Å². The van der Waals surface area contributed by atoms with Crippen molar-refractivity contribution in [3.05, 3.63) is 45.2 Å². The standard InChI is InChI=1S/C14H15N5OS/c1-8-6-15-9(2)13(16-8)19(3)7-11-17-10-4-5-21-12(10)14(20)18-11/h4-6H,7H2,1-3H3,(H,17,18,20). The van der Waals surface area contributed by atoms with E-state index in [1.54, 1.807) is 6.20 Å². The van der Waals surface area contributed by atoms with Crippen molar-refractivity contribution in [2.45, 2.75) is 20.4 Å². The van der Waals surface area contributed by atoms with E-state index in [0.29, 0.717) is 17.1 Å². The molecule has 0 aliphatic rings. The number of fused-ring (bicyclic) bond motifs is 1. The van der Waals surface area contributed by atoms with E-state index in [1.807, 2.05) is 37.2 Å². The van der Waals surface area contributed by atoms with Crippen molar-refractivity contribution in [3.8, 4) is 0 Å². The van der Waals surface area contributed by atoms with Crippen LogP contribution in [0.2, 0.25) is 0 Å². The van der Waals surface area contributed by atoms with Crippen LogP contribution in [0, 0.1) is 13.8 Å². The lowest BCUT2D eigenvalue weighted by molar-refractivity contribution is 0.813. The lowest BCUT2D eigenvalue weighted by Crippen LogP contribution is -2.23. The zero-order chi connectivity index (χ0) is 15.0. The van der Waals surface area contributed by atoms with Crippen LogP contribution in [0.4, 0.5) is 5.82 Å². The van der Waals surface area contributed by atoms with E-state index < -0.39 is 0 Å². The number of nitrogens with one attached hydrogen (secondary N) is 1. The number of aromatic nitrogens is 4. The van der Waals surface area contributed by atoms with Gasteiger partial charge in [-0.05, 0) is 25.3 Å². The molecule has 0 saturated heterocycles. The molecule has 0 atom stereocenters. The summed E-state index contributed by atoms with van der Waals surface area (Å²) in [6.07, 6.45) is 1.74. The molecule has 1 N–H and O–H groups in total. The highest BCUT2D eigenvalue weighted by atomic mass is 32.1. The Morgan fingerprint density at radius 1 is 1.33 bits per heavy atom. The van der Waals surface area contributed by atoms with E-state index in [2.05, 4.69) is 19.9 Å². The average molecular weight is 301 g/mol. The molecule has 108 valence electrons. The van der Waals surface area contributed by atoms with Crippen LogP contribution in [0.25, 0.3) is 10.2 Å². The summed E-state index contributed by atoms with van der Waals surface area (Å²) in [6, 6.07) is 1.86. The molecule has 0 aliphatic heterocycles. The minimum Gasteiger partial charge on any atom is -0.351 e. The van der Waals surface area contributed by atoms with Crippen LogP contribution in [0.3, 0.4) is 0 Å². The van der Waals surface area contributed by atoms with E-state index >= 15 is 0 Å². The van der Waals surface area contributed by atoms with Gasteiger partial charge in [0, 0.05) is 13.2 Å². The Morgan fingerprint density at radius 2 is 2.14 bits per heavy atom. The highest BCUT2D eigenvalue weighted by Crippen LogP contribution is 2.17. The fourth-order valence-corrected chi connectivity index (χ4v) is 2.91. The minimum atomic E-state index is -0.0922. The molecule has 0 aromatic carbocycles. The van der Waals surface area contributed by atoms with Crippen LogP contribution in [0.1, 0.15) is 17.2 Å². The molecule has 0 amide bonds. The van der Waals surface area contributed by atoms with Crippen LogP contribution in [-0.2, 0) is 6.54 Å². The molecule has 0 fully saturated rings. The Morgan fingerprint density at radius 3 is 2.95 bits per heavy atom. The van der Waals surface area contributed by atoms with Crippen molar-refractivity contribution < 1.29 is 0 Å². The fourth-order valence-electron chi connectivity index (χ4n) is 2.18. The van der Waals surface area contributed by atoms with Gasteiger partial charge in [0.1, 0.15) is 16.3 Å². The molecule has 21 heavy (non-hydrogen) atoms. The first-order chi connectivity index (χ1) is 10.0. The smallest absolute Gasteiger partial charge is 0.268 e. The lowest BCUT2D eigenvalue weighted by Gasteiger charge is -2.19. The monoisotopic (exact) mass is 301 g/mol. The Bertz CT molecular complexity index is 854. The molecule has 0 radical (unpaired) electrons. The molecule has 0 spiro atoms. The third-order valence-electron chi connectivity index (χ3n) is 3.16.